The molecule has 154 valence electrons. The van der Waals surface area contributed by atoms with Gasteiger partial charge in [0.25, 0.3) is 0 Å². The van der Waals surface area contributed by atoms with Crippen molar-refractivity contribution in [3.63, 3.8) is 0 Å². The second-order valence-electron chi connectivity index (χ2n) is 8.83. The van der Waals surface area contributed by atoms with E-state index in [9.17, 15) is 14.7 Å². The number of nitrogens with zero attached hydrogens (tertiary/aromatic N) is 4. The van der Waals surface area contributed by atoms with E-state index in [1.165, 1.54) is 0 Å². The van der Waals surface area contributed by atoms with E-state index >= 15 is 0 Å². The lowest BCUT2D eigenvalue weighted by Gasteiger charge is -2.48. The Kier molecular flexibility index (Phi) is 5.21. The van der Waals surface area contributed by atoms with Crippen LogP contribution in [0.1, 0.15) is 62.8 Å². The van der Waals surface area contributed by atoms with Crippen LogP contribution in [0.2, 0.25) is 0 Å². The second-order valence-corrected chi connectivity index (χ2v) is 8.83. The number of piperidine rings is 1. The molecule has 7 nitrogen and oxygen atoms in total. The normalized spacial score (nSPS) is 31.0. The van der Waals surface area contributed by atoms with Gasteiger partial charge in [0.2, 0.25) is 11.8 Å². The molecule has 1 unspecified atom stereocenters. The van der Waals surface area contributed by atoms with Crippen molar-refractivity contribution < 1.29 is 14.7 Å². The Morgan fingerprint density at radius 2 is 1.86 bits per heavy atom. The minimum atomic E-state index is -0.665. The van der Waals surface area contributed by atoms with E-state index in [0.29, 0.717) is 6.54 Å². The van der Waals surface area contributed by atoms with Crippen molar-refractivity contribution >= 4 is 11.8 Å². The molecule has 0 bridgehead atoms. The van der Waals surface area contributed by atoms with E-state index in [2.05, 4.69) is 5.10 Å². The maximum absolute atomic E-state index is 13.6. The Morgan fingerprint density at radius 3 is 2.50 bits per heavy atom. The zero-order valence-electron chi connectivity index (χ0n) is 17.1. The highest BCUT2D eigenvalue weighted by atomic mass is 16.3. The molecule has 3 heterocycles. The van der Waals surface area contributed by atoms with Gasteiger partial charge >= 0.3 is 0 Å². The number of carbonyl (C=O) groups excluding carboxylic acids is 2. The van der Waals surface area contributed by atoms with E-state index in [1.54, 1.807) is 4.68 Å². The summed E-state index contributed by atoms with van der Waals surface area (Å²) in [7, 11) is 0. The van der Waals surface area contributed by atoms with Crippen LogP contribution in [0.4, 0.5) is 0 Å². The molecule has 2 amide bonds. The SMILES string of the molecule is Cc1cc(C)n(CC(=O)N2CCCC23CCCN(C2CCC(O)CC2)C3=O)n1. The third kappa shape index (κ3) is 3.34. The van der Waals surface area contributed by atoms with E-state index < -0.39 is 5.54 Å². The summed E-state index contributed by atoms with van der Waals surface area (Å²) in [5.74, 6) is 0.136. The molecule has 4 rings (SSSR count). The molecule has 3 aliphatic rings. The Balaban J connectivity index is 1.52. The van der Waals surface area contributed by atoms with Crippen molar-refractivity contribution in [3.8, 4) is 0 Å². The van der Waals surface area contributed by atoms with Crippen LogP contribution in [-0.4, -0.2) is 67.3 Å². The fraction of sp³-hybridized carbons (Fsp3) is 0.762. The second kappa shape index (κ2) is 7.50. The van der Waals surface area contributed by atoms with Gasteiger partial charge in [-0.2, -0.15) is 5.10 Å². The van der Waals surface area contributed by atoms with Crippen LogP contribution < -0.4 is 0 Å². The van der Waals surface area contributed by atoms with Crippen LogP contribution >= 0.6 is 0 Å². The molecule has 2 saturated heterocycles. The van der Waals surface area contributed by atoms with Crippen LogP contribution in [0.15, 0.2) is 6.07 Å². The van der Waals surface area contributed by atoms with Crippen LogP contribution in [0.3, 0.4) is 0 Å². The molecular formula is C21H32N4O3. The molecule has 0 radical (unpaired) electrons. The van der Waals surface area contributed by atoms with Crippen LogP contribution in [0.5, 0.6) is 0 Å². The average Bonchev–Trinajstić information content (AvgIpc) is 3.22. The van der Waals surface area contributed by atoms with Crippen molar-refractivity contribution in [3.05, 3.63) is 17.5 Å². The predicted molar refractivity (Wildman–Crippen MR) is 105 cm³/mol. The Hall–Kier alpha value is -1.89. The van der Waals surface area contributed by atoms with Gasteiger partial charge in [-0.05, 0) is 71.3 Å². The Labute approximate surface area is 166 Å². The smallest absolute Gasteiger partial charge is 0.248 e. The lowest BCUT2D eigenvalue weighted by Crippen LogP contribution is -2.63. The largest absolute Gasteiger partial charge is 0.393 e. The highest BCUT2D eigenvalue weighted by Crippen LogP contribution is 2.40. The molecule has 1 spiro atoms. The number of likely N-dealkylation sites (tertiary alicyclic amines) is 2. The van der Waals surface area contributed by atoms with Gasteiger partial charge in [0, 0.05) is 24.8 Å². The maximum Gasteiger partial charge on any atom is 0.248 e. The molecule has 1 aliphatic carbocycles. The predicted octanol–water partition coefficient (Wildman–Crippen LogP) is 1.79. The topological polar surface area (TPSA) is 78.7 Å². The fourth-order valence-electron chi connectivity index (χ4n) is 5.51. The first-order valence-corrected chi connectivity index (χ1v) is 10.7. The van der Waals surface area contributed by atoms with E-state index in [1.807, 2.05) is 29.7 Å². The molecule has 2 aliphatic heterocycles. The van der Waals surface area contributed by atoms with Gasteiger partial charge in [-0.3, -0.25) is 14.3 Å². The number of aliphatic hydroxyl groups is 1. The summed E-state index contributed by atoms with van der Waals surface area (Å²) in [4.78, 5) is 30.7. The molecule has 3 fully saturated rings. The third-order valence-corrected chi connectivity index (χ3v) is 6.93. The molecule has 1 N–H and O–H groups in total. The minimum absolute atomic E-state index is 0.00188. The number of aromatic nitrogens is 2. The fourth-order valence-corrected chi connectivity index (χ4v) is 5.51. The van der Waals surface area contributed by atoms with Gasteiger partial charge in [-0.15, -0.1) is 0 Å². The molecular weight excluding hydrogens is 356 g/mol. The first-order valence-electron chi connectivity index (χ1n) is 10.7. The van der Waals surface area contributed by atoms with Crippen molar-refractivity contribution in [2.75, 3.05) is 13.1 Å². The monoisotopic (exact) mass is 388 g/mol. The van der Waals surface area contributed by atoms with Gasteiger partial charge in [0.05, 0.1) is 11.8 Å². The summed E-state index contributed by atoms with van der Waals surface area (Å²) < 4.78 is 1.75. The van der Waals surface area contributed by atoms with Gasteiger partial charge in [-0.1, -0.05) is 0 Å². The number of hydrogen-bond acceptors (Lipinski definition) is 4. The Bertz CT molecular complexity index is 753. The number of hydrogen-bond donors (Lipinski definition) is 1. The minimum Gasteiger partial charge on any atom is -0.393 e. The lowest BCUT2D eigenvalue weighted by atomic mass is 9.82. The van der Waals surface area contributed by atoms with E-state index in [0.717, 1.165) is 69.3 Å². The summed E-state index contributed by atoms with van der Waals surface area (Å²) in [5, 5.41) is 14.2. The van der Waals surface area contributed by atoms with Gasteiger partial charge in [-0.25, -0.2) is 0 Å². The first kappa shape index (κ1) is 19.4. The van der Waals surface area contributed by atoms with Crippen LogP contribution in [0, 0.1) is 13.8 Å². The number of aliphatic hydroxyl groups excluding tert-OH is 1. The molecule has 1 saturated carbocycles. The summed E-state index contributed by atoms with van der Waals surface area (Å²) >= 11 is 0. The summed E-state index contributed by atoms with van der Waals surface area (Å²) in [6.07, 6.45) is 6.38. The molecule has 1 aromatic heterocycles. The number of rotatable bonds is 3. The van der Waals surface area contributed by atoms with Crippen molar-refractivity contribution in [1.29, 1.82) is 0 Å². The zero-order chi connectivity index (χ0) is 19.9. The van der Waals surface area contributed by atoms with Crippen molar-refractivity contribution in [2.45, 2.75) is 89.4 Å². The quantitative estimate of drug-likeness (QED) is 0.856. The molecule has 28 heavy (non-hydrogen) atoms. The molecule has 0 aromatic carbocycles. The van der Waals surface area contributed by atoms with Crippen LogP contribution in [0.25, 0.3) is 0 Å². The lowest BCUT2D eigenvalue weighted by molar-refractivity contribution is -0.158. The maximum atomic E-state index is 13.6. The summed E-state index contributed by atoms with van der Waals surface area (Å²) in [6, 6.07) is 2.18. The van der Waals surface area contributed by atoms with E-state index in [-0.39, 0.29) is 30.5 Å². The van der Waals surface area contributed by atoms with Crippen molar-refractivity contribution in [1.82, 2.24) is 19.6 Å². The van der Waals surface area contributed by atoms with Gasteiger partial charge in [0.15, 0.2) is 0 Å². The highest BCUT2D eigenvalue weighted by molar-refractivity contribution is 5.93. The summed E-state index contributed by atoms with van der Waals surface area (Å²) in [6.45, 7) is 5.51. The first-order chi connectivity index (χ1) is 13.4. The standard InChI is InChI=1S/C21H32N4O3/c1-15-13-16(2)25(22-15)14-19(27)24-12-4-10-21(24)9-3-11-23(20(21)28)17-5-7-18(26)8-6-17/h13,17-18,26H,3-12,14H2,1-2H3. The van der Waals surface area contributed by atoms with Crippen LogP contribution in [-0.2, 0) is 16.1 Å². The Morgan fingerprint density at radius 1 is 1.18 bits per heavy atom. The third-order valence-electron chi connectivity index (χ3n) is 6.93. The highest BCUT2D eigenvalue weighted by Gasteiger charge is 2.53. The van der Waals surface area contributed by atoms with Crippen molar-refractivity contribution in [2.24, 2.45) is 0 Å². The summed E-state index contributed by atoms with van der Waals surface area (Å²) in [5.41, 5.74) is 1.21. The number of aryl methyl sites for hydroxylation is 2. The number of amides is 2. The number of carbonyl (C=O) groups is 2. The zero-order valence-corrected chi connectivity index (χ0v) is 17.1. The molecule has 7 heteroatoms. The van der Waals surface area contributed by atoms with Gasteiger partial charge < -0.3 is 14.9 Å². The average molecular weight is 389 g/mol. The molecule has 1 aromatic rings. The molecule has 1 atom stereocenters. The van der Waals surface area contributed by atoms with E-state index in [4.69, 9.17) is 0 Å². The van der Waals surface area contributed by atoms with Gasteiger partial charge in [0.1, 0.15) is 12.1 Å².